The molecular weight excluding hydrogens is 174 g/mol. The van der Waals surface area contributed by atoms with Crippen LogP contribution in [0.15, 0.2) is 24.7 Å². The zero-order valence-electron chi connectivity index (χ0n) is 9.23. The quantitative estimate of drug-likeness (QED) is 0.693. The molecule has 0 spiro atoms. The highest BCUT2D eigenvalue weighted by Crippen LogP contribution is 2.13. The molecular formula is C11H17N3. The summed E-state index contributed by atoms with van der Waals surface area (Å²) in [7, 11) is 0. The van der Waals surface area contributed by atoms with Crippen LogP contribution in [-0.4, -0.2) is 14.5 Å². The molecule has 14 heavy (non-hydrogen) atoms. The molecule has 0 amide bonds. The van der Waals surface area contributed by atoms with Gasteiger partial charge in [-0.3, -0.25) is 0 Å². The van der Waals surface area contributed by atoms with E-state index in [1.807, 2.05) is 32.3 Å². The highest BCUT2D eigenvalue weighted by atomic mass is 15.1. The van der Waals surface area contributed by atoms with Crippen LogP contribution in [-0.2, 0) is 0 Å². The summed E-state index contributed by atoms with van der Waals surface area (Å²) in [6.07, 6.45) is 3.63. The largest absolute Gasteiger partial charge is 0.313 e. The fourth-order valence-electron chi connectivity index (χ4n) is 1.25. The highest BCUT2D eigenvalue weighted by molar-refractivity contribution is 5.70. The number of imidazole rings is 1. The molecule has 0 saturated heterocycles. The van der Waals surface area contributed by atoms with Crippen molar-refractivity contribution in [2.24, 2.45) is 0 Å². The van der Waals surface area contributed by atoms with Crippen molar-refractivity contribution in [2.45, 2.75) is 33.7 Å². The van der Waals surface area contributed by atoms with Gasteiger partial charge < -0.3 is 4.57 Å². The van der Waals surface area contributed by atoms with E-state index in [0.717, 1.165) is 11.2 Å². The minimum Gasteiger partial charge on any atom is -0.313 e. The predicted octanol–water partition coefficient (Wildman–Crippen LogP) is 3.04. The van der Waals surface area contributed by atoms with Crippen LogP contribution in [0.25, 0.3) is 11.2 Å². The lowest BCUT2D eigenvalue weighted by atomic mass is 10.4. The summed E-state index contributed by atoms with van der Waals surface area (Å²) in [6, 6.07) is 4.30. The molecule has 76 valence electrons. The molecule has 0 bridgehead atoms. The Hall–Kier alpha value is -1.38. The van der Waals surface area contributed by atoms with Crippen molar-refractivity contribution in [3.05, 3.63) is 24.7 Å². The molecule has 0 aliphatic heterocycles. The highest BCUT2D eigenvalue weighted by Gasteiger charge is 2.04. The third kappa shape index (κ3) is 1.92. The first-order chi connectivity index (χ1) is 6.79. The molecule has 0 aliphatic rings. The van der Waals surface area contributed by atoms with Gasteiger partial charge in [0.2, 0.25) is 0 Å². The van der Waals surface area contributed by atoms with Crippen LogP contribution in [0.4, 0.5) is 0 Å². The lowest BCUT2D eigenvalue weighted by molar-refractivity contribution is 0.613. The van der Waals surface area contributed by atoms with Gasteiger partial charge in [0.15, 0.2) is 5.65 Å². The second-order valence-electron chi connectivity index (χ2n) is 3.09. The fraction of sp³-hybridized carbons (Fsp3) is 0.455. The van der Waals surface area contributed by atoms with Crippen molar-refractivity contribution in [3.8, 4) is 0 Å². The smallest absolute Gasteiger partial charge is 0.160 e. The van der Waals surface area contributed by atoms with Crippen molar-refractivity contribution in [3.63, 3.8) is 0 Å². The summed E-state index contributed by atoms with van der Waals surface area (Å²) in [4.78, 5) is 8.50. The van der Waals surface area contributed by atoms with Gasteiger partial charge in [0.05, 0.1) is 6.33 Å². The van der Waals surface area contributed by atoms with E-state index in [-0.39, 0.29) is 0 Å². The van der Waals surface area contributed by atoms with Crippen LogP contribution < -0.4 is 0 Å². The van der Waals surface area contributed by atoms with E-state index in [4.69, 9.17) is 0 Å². The second kappa shape index (κ2) is 4.74. The lowest BCUT2D eigenvalue weighted by Crippen LogP contribution is -1.98. The molecule has 3 nitrogen and oxygen atoms in total. The van der Waals surface area contributed by atoms with Gasteiger partial charge in [-0.25, -0.2) is 9.97 Å². The molecule has 2 aromatic rings. The molecule has 0 saturated carbocycles. The van der Waals surface area contributed by atoms with Gasteiger partial charge in [-0.15, -0.1) is 0 Å². The number of pyridine rings is 1. The Morgan fingerprint density at radius 1 is 1.21 bits per heavy atom. The minimum atomic E-state index is 0.421. The Morgan fingerprint density at radius 3 is 2.57 bits per heavy atom. The maximum atomic E-state index is 4.26. The number of nitrogens with zero attached hydrogens (tertiary/aromatic N) is 3. The summed E-state index contributed by atoms with van der Waals surface area (Å²) in [5, 5.41) is 0. The predicted molar refractivity (Wildman–Crippen MR) is 59.3 cm³/mol. The Kier molecular flexibility index (Phi) is 3.63. The number of fused-ring (bicyclic) bond motifs is 1. The Morgan fingerprint density at radius 2 is 1.93 bits per heavy atom. The maximum absolute atomic E-state index is 4.26. The molecule has 0 fully saturated rings. The first-order valence-electron chi connectivity index (χ1n) is 5.06. The molecule has 0 unspecified atom stereocenters. The van der Waals surface area contributed by atoms with Crippen LogP contribution >= 0.6 is 0 Å². The molecule has 2 heterocycles. The van der Waals surface area contributed by atoms with Gasteiger partial charge >= 0.3 is 0 Å². The zero-order chi connectivity index (χ0) is 10.6. The SMILES string of the molecule is CC.CC(C)n1cnc2cccnc21. The summed E-state index contributed by atoms with van der Waals surface area (Å²) < 4.78 is 2.06. The molecule has 2 aromatic heterocycles. The Balaban J connectivity index is 0.000000461. The number of aromatic nitrogens is 3. The maximum Gasteiger partial charge on any atom is 0.160 e. The molecule has 3 heteroatoms. The first-order valence-corrected chi connectivity index (χ1v) is 5.06. The van der Waals surface area contributed by atoms with Crippen molar-refractivity contribution >= 4 is 11.2 Å². The fourth-order valence-corrected chi connectivity index (χ4v) is 1.25. The molecule has 0 atom stereocenters. The van der Waals surface area contributed by atoms with Crippen molar-refractivity contribution in [2.75, 3.05) is 0 Å². The van der Waals surface area contributed by atoms with E-state index in [9.17, 15) is 0 Å². The monoisotopic (exact) mass is 191 g/mol. The summed E-state index contributed by atoms with van der Waals surface area (Å²) in [5.41, 5.74) is 1.93. The molecule has 0 aliphatic carbocycles. The third-order valence-corrected chi connectivity index (χ3v) is 1.89. The van der Waals surface area contributed by atoms with Gasteiger partial charge in [-0.2, -0.15) is 0 Å². The van der Waals surface area contributed by atoms with Crippen LogP contribution in [0.3, 0.4) is 0 Å². The van der Waals surface area contributed by atoms with Gasteiger partial charge in [-0.1, -0.05) is 13.8 Å². The topological polar surface area (TPSA) is 30.7 Å². The zero-order valence-corrected chi connectivity index (χ0v) is 9.23. The Bertz CT molecular complexity index is 390. The van der Waals surface area contributed by atoms with Crippen LogP contribution in [0.1, 0.15) is 33.7 Å². The number of hydrogen-bond donors (Lipinski definition) is 0. The first kappa shape index (κ1) is 10.7. The minimum absolute atomic E-state index is 0.421. The second-order valence-corrected chi connectivity index (χ2v) is 3.09. The van der Waals surface area contributed by atoms with E-state index in [1.54, 1.807) is 6.20 Å². The van der Waals surface area contributed by atoms with Gasteiger partial charge in [0.25, 0.3) is 0 Å². The van der Waals surface area contributed by atoms with E-state index < -0.39 is 0 Å². The summed E-state index contributed by atoms with van der Waals surface area (Å²) in [5.74, 6) is 0. The van der Waals surface area contributed by atoms with Crippen LogP contribution in [0.5, 0.6) is 0 Å². The normalized spacial score (nSPS) is 10.1. The molecule has 2 rings (SSSR count). The standard InChI is InChI=1S/C9H11N3.C2H6/c1-7(2)12-6-11-8-4-3-5-10-9(8)12;1-2/h3-7H,1-2H3;1-2H3. The van der Waals surface area contributed by atoms with Crippen molar-refractivity contribution < 1.29 is 0 Å². The average Bonchev–Trinajstić information content (AvgIpc) is 2.64. The van der Waals surface area contributed by atoms with Crippen molar-refractivity contribution in [1.82, 2.24) is 14.5 Å². The third-order valence-electron chi connectivity index (χ3n) is 1.89. The average molecular weight is 191 g/mol. The number of rotatable bonds is 1. The van der Waals surface area contributed by atoms with Gasteiger partial charge in [0, 0.05) is 12.2 Å². The summed E-state index contributed by atoms with van der Waals surface area (Å²) in [6.45, 7) is 8.24. The van der Waals surface area contributed by atoms with Crippen LogP contribution in [0.2, 0.25) is 0 Å². The molecule has 0 N–H and O–H groups in total. The summed E-state index contributed by atoms with van der Waals surface area (Å²) >= 11 is 0. The van der Waals surface area contributed by atoms with E-state index in [1.165, 1.54) is 0 Å². The Labute approximate surface area is 84.8 Å². The molecule has 0 aromatic carbocycles. The lowest BCUT2D eigenvalue weighted by Gasteiger charge is -2.05. The van der Waals surface area contributed by atoms with E-state index >= 15 is 0 Å². The van der Waals surface area contributed by atoms with E-state index in [2.05, 4.69) is 28.4 Å². The van der Waals surface area contributed by atoms with Gasteiger partial charge in [-0.05, 0) is 26.0 Å². The number of hydrogen-bond acceptors (Lipinski definition) is 2. The van der Waals surface area contributed by atoms with Gasteiger partial charge in [0.1, 0.15) is 5.52 Å². The van der Waals surface area contributed by atoms with E-state index in [0.29, 0.717) is 6.04 Å². The molecule has 0 radical (unpaired) electrons. The van der Waals surface area contributed by atoms with Crippen LogP contribution in [0, 0.1) is 0 Å². The van der Waals surface area contributed by atoms with Crippen molar-refractivity contribution in [1.29, 1.82) is 0 Å².